The molecule has 2 aliphatic rings. The van der Waals surface area contributed by atoms with Crippen molar-refractivity contribution in [3.05, 3.63) is 12.2 Å². The molecule has 0 aromatic rings. The highest BCUT2D eigenvalue weighted by Gasteiger charge is 2.46. The van der Waals surface area contributed by atoms with Crippen LogP contribution in [0.3, 0.4) is 0 Å². The van der Waals surface area contributed by atoms with Gasteiger partial charge in [-0.05, 0) is 76.5 Å². The molecule has 0 amide bonds. The van der Waals surface area contributed by atoms with Gasteiger partial charge in [0.1, 0.15) is 0 Å². The Balaban J connectivity index is 1.86. The third-order valence-electron chi connectivity index (χ3n) is 5.11. The Bertz CT molecular complexity index is 316. The molecule has 2 fully saturated rings. The molecule has 110 valence electrons. The fraction of sp³-hybridized carbons (Fsp3) is 0.882. The van der Waals surface area contributed by atoms with E-state index in [9.17, 15) is 10.2 Å². The van der Waals surface area contributed by atoms with Crippen LogP contribution < -0.4 is 0 Å². The molecule has 0 heterocycles. The smallest absolute Gasteiger partial charge is 0.0591 e. The van der Waals surface area contributed by atoms with Crippen molar-refractivity contribution < 1.29 is 10.2 Å². The molecule has 0 bridgehead atoms. The Morgan fingerprint density at radius 1 is 1.21 bits per heavy atom. The highest BCUT2D eigenvalue weighted by molar-refractivity contribution is 5.09. The number of unbranched alkanes of at least 4 members (excludes halogenated alkanes) is 1. The van der Waals surface area contributed by atoms with E-state index in [0.717, 1.165) is 25.7 Å². The average molecular weight is 266 g/mol. The maximum Gasteiger partial charge on any atom is 0.0591 e. The lowest BCUT2D eigenvalue weighted by atomic mass is 9.66. The lowest BCUT2D eigenvalue weighted by molar-refractivity contribution is 0.0162. The van der Waals surface area contributed by atoms with Gasteiger partial charge in [-0.25, -0.2) is 0 Å². The van der Waals surface area contributed by atoms with E-state index in [0.29, 0.717) is 11.3 Å². The van der Waals surface area contributed by atoms with Gasteiger partial charge in [-0.1, -0.05) is 18.6 Å². The van der Waals surface area contributed by atoms with E-state index in [4.69, 9.17) is 0 Å². The Hall–Kier alpha value is -0.340. The zero-order valence-corrected chi connectivity index (χ0v) is 12.6. The summed E-state index contributed by atoms with van der Waals surface area (Å²) in [7, 11) is 0. The van der Waals surface area contributed by atoms with E-state index in [2.05, 4.69) is 12.2 Å². The lowest BCUT2D eigenvalue weighted by Crippen LogP contribution is -2.37. The van der Waals surface area contributed by atoms with E-state index in [1.807, 2.05) is 13.8 Å². The molecule has 2 saturated carbocycles. The Labute approximate surface area is 117 Å². The maximum absolute atomic E-state index is 10.2. The SMILES string of the molecule is CC(C)(O)CCC/C=C\[C@]12CCC[C@@H](O)[C@@H]1CCC2. The minimum absolute atomic E-state index is 0.0720. The molecule has 0 aromatic heterocycles. The van der Waals surface area contributed by atoms with Gasteiger partial charge < -0.3 is 10.2 Å². The summed E-state index contributed by atoms with van der Waals surface area (Å²) in [4.78, 5) is 0. The number of fused-ring (bicyclic) bond motifs is 1. The lowest BCUT2D eigenvalue weighted by Gasteiger charge is -2.40. The molecule has 2 nitrogen and oxygen atoms in total. The molecule has 0 unspecified atom stereocenters. The molecule has 2 heteroatoms. The van der Waals surface area contributed by atoms with Gasteiger partial charge in [0.15, 0.2) is 0 Å². The molecular formula is C17H30O2. The molecule has 0 spiro atoms. The molecule has 0 aromatic carbocycles. The van der Waals surface area contributed by atoms with E-state index >= 15 is 0 Å². The van der Waals surface area contributed by atoms with Crippen molar-refractivity contribution in [2.75, 3.05) is 0 Å². The number of rotatable bonds is 5. The van der Waals surface area contributed by atoms with Crippen LogP contribution in [0.4, 0.5) is 0 Å². The van der Waals surface area contributed by atoms with Crippen LogP contribution in [0.1, 0.15) is 71.6 Å². The molecule has 0 saturated heterocycles. The van der Waals surface area contributed by atoms with Crippen molar-refractivity contribution >= 4 is 0 Å². The highest BCUT2D eigenvalue weighted by atomic mass is 16.3. The molecule has 2 N–H and O–H groups in total. The zero-order chi connectivity index (χ0) is 13.9. The monoisotopic (exact) mass is 266 g/mol. The minimum Gasteiger partial charge on any atom is -0.393 e. The van der Waals surface area contributed by atoms with Crippen LogP contribution >= 0.6 is 0 Å². The molecule has 3 atom stereocenters. The zero-order valence-electron chi connectivity index (χ0n) is 12.6. The molecular weight excluding hydrogens is 236 g/mol. The third-order valence-corrected chi connectivity index (χ3v) is 5.11. The number of hydrogen-bond acceptors (Lipinski definition) is 2. The predicted octanol–water partition coefficient (Wildman–Crippen LogP) is 3.82. The van der Waals surface area contributed by atoms with Gasteiger partial charge >= 0.3 is 0 Å². The molecule has 0 radical (unpaired) electrons. The third kappa shape index (κ3) is 3.82. The fourth-order valence-electron chi connectivity index (χ4n) is 4.11. The molecule has 2 aliphatic carbocycles. The Kier molecular flexibility index (Phi) is 4.73. The van der Waals surface area contributed by atoms with Crippen molar-refractivity contribution in [2.45, 2.75) is 83.3 Å². The number of aliphatic hydroxyl groups is 2. The number of hydrogen-bond donors (Lipinski definition) is 2. The number of aliphatic hydroxyl groups excluding tert-OH is 1. The summed E-state index contributed by atoms with van der Waals surface area (Å²) >= 11 is 0. The van der Waals surface area contributed by atoms with Crippen molar-refractivity contribution in [2.24, 2.45) is 11.3 Å². The Morgan fingerprint density at radius 2 is 1.89 bits per heavy atom. The summed E-state index contributed by atoms with van der Waals surface area (Å²) in [6.07, 6.45) is 14.8. The summed E-state index contributed by atoms with van der Waals surface area (Å²) in [5.41, 5.74) is -0.241. The van der Waals surface area contributed by atoms with E-state index in [-0.39, 0.29) is 6.10 Å². The van der Waals surface area contributed by atoms with Gasteiger partial charge in [0.05, 0.1) is 11.7 Å². The van der Waals surface area contributed by atoms with Crippen LogP contribution in [-0.2, 0) is 0 Å². The van der Waals surface area contributed by atoms with Gasteiger partial charge in [0.25, 0.3) is 0 Å². The molecule has 19 heavy (non-hydrogen) atoms. The highest BCUT2D eigenvalue weighted by Crippen LogP contribution is 2.53. The van der Waals surface area contributed by atoms with Crippen molar-refractivity contribution in [1.82, 2.24) is 0 Å². The normalized spacial score (nSPS) is 35.8. The van der Waals surface area contributed by atoms with Crippen LogP contribution in [0.25, 0.3) is 0 Å². The largest absolute Gasteiger partial charge is 0.393 e. The van der Waals surface area contributed by atoms with Gasteiger partial charge in [0, 0.05) is 0 Å². The van der Waals surface area contributed by atoms with Crippen LogP contribution in [0.5, 0.6) is 0 Å². The Morgan fingerprint density at radius 3 is 2.58 bits per heavy atom. The number of allylic oxidation sites excluding steroid dienone is 2. The van der Waals surface area contributed by atoms with E-state index < -0.39 is 5.60 Å². The van der Waals surface area contributed by atoms with Gasteiger partial charge in [-0.2, -0.15) is 0 Å². The van der Waals surface area contributed by atoms with Gasteiger partial charge in [0.2, 0.25) is 0 Å². The average Bonchev–Trinajstić information content (AvgIpc) is 2.72. The van der Waals surface area contributed by atoms with E-state index in [1.165, 1.54) is 32.1 Å². The maximum atomic E-state index is 10.2. The summed E-state index contributed by atoms with van der Waals surface area (Å²) in [5, 5.41) is 19.9. The van der Waals surface area contributed by atoms with Crippen LogP contribution in [-0.4, -0.2) is 21.9 Å². The van der Waals surface area contributed by atoms with Crippen molar-refractivity contribution in [3.8, 4) is 0 Å². The first kappa shape index (κ1) is 15.1. The van der Waals surface area contributed by atoms with Crippen LogP contribution in [0, 0.1) is 11.3 Å². The van der Waals surface area contributed by atoms with Gasteiger partial charge in [-0.3, -0.25) is 0 Å². The first-order valence-corrected chi connectivity index (χ1v) is 8.01. The first-order valence-electron chi connectivity index (χ1n) is 8.01. The van der Waals surface area contributed by atoms with Crippen molar-refractivity contribution in [3.63, 3.8) is 0 Å². The molecule has 0 aliphatic heterocycles. The summed E-state index contributed by atoms with van der Waals surface area (Å²) in [6, 6.07) is 0. The predicted molar refractivity (Wildman–Crippen MR) is 78.9 cm³/mol. The summed E-state index contributed by atoms with van der Waals surface area (Å²) in [6.45, 7) is 3.75. The van der Waals surface area contributed by atoms with Crippen LogP contribution in [0.2, 0.25) is 0 Å². The van der Waals surface area contributed by atoms with Crippen molar-refractivity contribution in [1.29, 1.82) is 0 Å². The van der Waals surface area contributed by atoms with E-state index in [1.54, 1.807) is 0 Å². The summed E-state index contributed by atoms with van der Waals surface area (Å²) < 4.78 is 0. The quantitative estimate of drug-likeness (QED) is 0.587. The second-order valence-electron chi connectivity index (χ2n) is 7.30. The molecule has 2 rings (SSSR count). The topological polar surface area (TPSA) is 40.5 Å². The second-order valence-corrected chi connectivity index (χ2v) is 7.30. The minimum atomic E-state index is -0.539. The summed E-state index contributed by atoms with van der Waals surface area (Å²) in [5.74, 6) is 0.506. The fourth-order valence-corrected chi connectivity index (χ4v) is 4.11. The second kappa shape index (κ2) is 5.97. The van der Waals surface area contributed by atoms with Crippen LogP contribution in [0.15, 0.2) is 12.2 Å². The standard InChI is InChI=1S/C17H30O2/c1-16(2,19)10-4-3-5-11-17-12-6-8-14(17)15(18)9-7-13-17/h5,11,14-15,18-19H,3-4,6-10,12-13H2,1-2H3/b11-5-/t14-,15+,17-/m0/s1. The first-order chi connectivity index (χ1) is 8.93. The van der Waals surface area contributed by atoms with Gasteiger partial charge in [-0.15, -0.1) is 0 Å².